The monoisotopic (exact) mass is 413 g/mol. The van der Waals surface area contributed by atoms with Crippen molar-refractivity contribution in [1.82, 2.24) is 4.57 Å². The molecule has 0 amide bonds. The lowest BCUT2D eigenvalue weighted by atomic mass is 10.1. The van der Waals surface area contributed by atoms with Gasteiger partial charge in [0.2, 0.25) is 0 Å². The first-order valence-corrected chi connectivity index (χ1v) is 9.43. The minimum absolute atomic E-state index is 0.158. The zero-order valence-electron chi connectivity index (χ0n) is 14.2. The van der Waals surface area contributed by atoms with Crippen molar-refractivity contribution in [2.45, 2.75) is 24.7 Å². The number of rotatable bonds is 5. The zero-order chi connectivity index (χ0) is 19.6. The average molecular weight is 414 g/mol. The summed E-state index contributed by atoms with van der Waals surface area (Å²) in [5.74, 6) is 0.439. The van der Waals surface area contributed by atoms with E-state index in [0.29, 0.717) is 10.4 Å². The van der Waals surface area contributed by atoms with E-state index < -0.39 is 17.7 Å². The van der Waals surface area contributed by atoms with E-state index in [1.54, 1.807) is 36.2 Å². The molecule has 0 fully saturated rings. The van der Waals surface area contributed by atoms with Crippen molar-refractivity contribution >= 4 is 34.1 Å². The Morgan fingerprint density at radius 3 is 2.63 bits per heavy atom. The molecule has 2 aromatic carbocycles. The minimum atomic E-state index is -4.81. The molecule has 0 N–H and O–H groups in total. The molecule has 0 spiro atoms. The SMILES string of the molecule is CCSc1ccc(Cl)cc1Cn1ccc2ccc(OC(F)(F)F)cc2c1=O. The molecular weight excluding hydrogens is 399 g/mol. The van der Waals surface area contributed by atoms with Gasteiger partial charge in [-0.2, -0.15) is 0 Å². The lowest BCUT2D eigenvalue weighted by molar-refractivity contribution is -0.274. The Kier molecular flexibility index (Phi) is 5.72. The van der Waals surface area contributed by atoms with Crippen molar-refractivity contribution in [3.63, 3.8) is 0 Å². The van der Waals surface area contributed by atoms with Gasteiger partial charge in [-0.25, -0.2) is 0 Å². The number of halogens is 4. The molecule has 0 atom stereocenters. The van der Waals surface area contributed by atoms with E-state index in [1.807, 2.05) is 13.0 Å². The van der Waals surface area contributed by atoms with Crippen LogP contribution in [0.4, 0.5) is 13.2 Å². The second-order valence-electron chi connectivity index (χ2n) is 5.73. The molecule has 3 aromatic rings. The number of nitrogens with zero attached hydrogens (tertiary/aromatic N) is 1. The normalized spacial score (nSPS) is 11.7. The van der Waals surface area contributed by atoms with Crippen molar-refractivity contribution in [2.75, 3.05) is 5.75 Å². The van der Waals surface area contributed by atoms with Gasteiger partial charge in [-0.05, 0) is 53.1 Å². The van der Waals surface area contributed by atoms with Crippen molar-refractivity contribution in [1.29, 1.82) is 0 Å². The highest BCUT2D eigenvalue weighted by atomic mass is 35.5. The highest BCUT2D eigenvalue weighted by Crippen LogP contribution is 2.27. The highest BCUT2D eigenvalue weighted by molar-refractivity contribution is 7.99. The first kappa shape index (κ1) is 19.6. The first-order chi connectivity index (χ1) is 12.8. The van der Waals surface area contributed by atoms with Crippen LogP contribution in [0, 0.1) is 0 Å². The molecule has 3 rings (SSSR count). The molecule has 0 aliphatic heterocycles. The fourth-order valence-corrected chi connectivity index (χ4v) is 3.71. The van der Waals surface area contributed by atoms with Gasteiger partial charge >= 0.3 is 6.36 Å². The molecule has 27 heavy (non-hydrogen) atoms. The van der Waals surface area contributed by atoms with Crippen LogP contribution >= 0.6 is 23.4 Å². The summed E-state index contributed by atoms with van der Waals surface area (Å²) < 4.78 is 42.7. The molecule has 0 saturated carbocycles. The van der Waals surface area contributed by atoms with E-state index in [4.69, 9.17) is 11.6 Å². The van der Waals surface area contributed by atoms with Crippen LogP contribution in [-0.2, 0) is 6.54 Å². The molecule has 8 heteroatoms. The van der Waals surface area contributed by atoms with Gasteiger partial charge < -0.3 is 9.30 Å². The molecule has 1 aromatic heterocycles. The van der Waals surface area contributed by atoms with Crippen molar-refractivity contribution in [2.24, 2.45) is 0 Å². The van der Waals surface area contributed by atoms with Gasteiger partial charge in [0.25, 0.3) is 5.56 Å². The van der Waals surface area contributed by atoms with E-state index >= 15 is 0 Å². The Morgan fingerprint density at radius 1 is 1.15 bits per heavy atom. The lowest BCUT2D eigenvalue weighted by Crippen LogP contribution is -2.21. The Bertz CT molecular complexity index is 1030. The summed E-state index contributed by atoms with van der Waals surface area (Å²) in [6.07, 6.45) is -3.19. The zero-order valence-corrected chi connectivity index (χ0v) is 15.8. The van der Waals surface area contributed by atoms with Gasteiger partial charge in [-0.1, -0.05) is 24.6 Å². The smallest absolute Gasteiger partial charge is 0.406 e. The van der Waals surface area contributed by atoms with Crippen molar-refractivity contribution < 1.29 is 17.9 Å². The average Bonchev–Trinajstić information content (AvgIpc) is 2.59. The number of ether oxygens (including phenoxy) is 1. The van der Waals surface area contributed by atoms with Crippen molar-refractivity contribution in [3.8, 4) is 5.75 Å². The summed E-state index contributed by atoms with van der Waals surface area (Å²) in [4.78, 5) is 13.8. The summed E-state index contributed by atoms with van der Waals surface area (Å²) >= 11 is 7.71. The van der Waals surface area contributed by atoms with Gasteiger partial charge in [-0.3, -0.25) is 4.79 Å². The van der Waals surface area contributed by atoms with Crippen molar-refractivity contribution in [3.05, 3.63) is 69.6 Å². The third kappa shape index (κ3) is 4.78. The molecule has 142 valence electrons. The lowest BCUT2D eigenvalue weighted by Gasteiger charge is -2.13. The van der Waals surface area contributed by atoms with Crippen LogP contribution in [0.15, 0.2) is 58.4 Å². The molecular formula is C19H15ClF3NO2S. The van der Waals surface area contributed by atoms with E-state index in [-0.39, 0.29) is 11.9 Å². The third-order valence-corrected chi connectivity index (χ3v) is 5.08. The van der Waals surface area contributed by atoms with E-state index in [0.717, 1.165) is 22.3 Å². The predicted octanol–water partition coefficient (Wildman–Crippen LogP) is 5.71. The van der Waals surface area contributed by atoms with Gasteiger partial charge in [-0.15, -0.1) is 24.9 Å². The van der Waals surface area contributed by atoms with E-state index in [1.165, 1.54) is 16.7 Å². The summed E-state index contributed by atoms with van der Waals surface area (Å²) in [6, 6.07) is 10.9. The fourth-order valence-electron chi connectivity index (χ4n) is 2.73. The standard InChI is InChI=1S/C19H15ClF3NO2S/c1-2-27-17-6-4-14(20)9-13(17)11-24-8-7-12-3-5-15(26-19(21,22)23)10-16(12)18(24)25/h3-10H,2,11H2,1H3. The second kappa shape index (κ2) is 7.86. The number of fused-ring (bicyclic) bond motifs is 1. The first-order valence-electron chi connectivity index (χ1n) is 8.07. The fraction of sp³-hybridized carbons (Fsp3) is 0.211. The maximum absolute atomic E-state index is 12.8. The summed E-state index contributed by atoms with van der Waals surface area (Å²) in [5.41, 5.74) is 0.478. The minimum Gasteiger partial charge on any atom is -0.406 e. The van der Waals surface area contributed by atoms with Gasteiger partial charge in [0.15, 0.2) is 0 Å². The molecule has 0 aliphatic carbocycles. The molecule has 0 bridgehead atoms. The topological polar surface area (TPSA) is 31.2 Å². The number of benzene rings is 2. The Balaban J connectivity index is 2.02. The quantitative estimate of drug-likeness (QED) is 0.502. The number of pyridine rings is 1. The van der Waals surface area contributed by atoms with Crippen LogP contribution in [-0.4, -0.2) is 16.7 Å². The van der Waals surface area contributed by atoms with E-state index in [9.17, 15) is 18.0 Å². The largest absolute Gasteiger partial charge is 0.573 e. The predicted molar refractivity (Wildman–Crippen MR) is 102 cm³/mol. The number of hydrogen-bond donors (Lipinski definition) is 0. The van der Waals surface area contributed by atoms with E-state index in [2.05, 4.69) is 4.74 Å². The number of thioether (sulfide) groups is 1. The maximum Gasteiger partial charge on any atom is 0.573 e. The Hall–Kier alpha value is -2.12. The highest BCUT2D eigenvalue weighted by Gasteiger charge is 2.31. The summed E-state index contributed by atoms with van der Waals surface area (Å²) in [5, 5.41) is 1.26. The molecule has 0 radical (unpaired) electrons. The van der Waals surface area contributed by atoms with Crippen LogP contribution in [0.25, 0.3) is 10.8 Å². The van der Waals surface area contributed by atoms with Gasteiger partial charge in [0.1, 0.15) is 5.75 Å². The Morgan fingerprint density at radius 2 is 1.93 bits per heavy atom. The van der Waals surface area contributed by atoms with Crippen LogP contribution in [0.5, 0.6) is 5.75 Å². The summed E-state index contributed by atoms with van der Waals surface area (Å²) in [6.45, 7) is 2.29. The molecule has 3 nitrogen and oxygen atoms in total. The number of alkyl halides is 3. The van der Waals surface area contributed by atoms with Gasteiger partial charge in [0.05, 0.1) is 11.9 Å². The van der Waals surface area contributed by atoms with Crippen LogP contribution in [0.2, 0.25) is 5.02 Å². The second-order valence-corrected chi connectivity index (χ2v) is 7.47. The molecule has 0 saturated heterocycles. The third-order valence-electron chi connectivity index (χ3n) is 3.85. The van der Waals surface area contributed by atoms with Gasteiger partial charge in [0, 0.05) is 16.1 Å². The summed E-state index contributed by atoms with van der Waals surface area (Å²) in [7, 11) is 0. The van der Waals surface area contributed by atoms with Crippen LogP contribution in [0.3, 0.4) is 0 Å². The maximum atomic E-state index is 12.8. The molecule has 0 aliphatic rings. The number of aromatic nitrogens is 1. The number of hydrogen-bond acceptors (Lipinski definition) is 3. The van der Waals surface area contributed by atoms with Crippen LogP contribution < -0.4 is 10.3 Å². The molecule has 0 unspecified atom stereocenters. The Labute approximate surface area is 162 Å². The molecule has 1 heterocycles. The van der Waals surface area contributed by atoms with Crippen LogP contribution in [0.1, 0.15) is 12.5 Å².